The van der Waals surface area contributed by atoms with Crippen LogP contribution in [0.3, 0.4) is 0 Å². The molecule has 1 N–H and O–H groups in total. The highest BCUT2D eigenvalue weighted by atomic mass is 32.2. The van der Waals surface area contributed by atoms with Crippen molar-refractivity contribution in [2.75, 3.05) is 5.32 Å². The number of carbonyl (C=O) groups is 1. The predicted molar refractivity (Wildman–Crippen MR) is 108 cm³/mol. The van der Waals surface area contributed by atoms with E-state index in [0.29, 0.717) is 23.2 Å². The molecule has 2 aromatic heterocycles. The molecular weight excluding hydrogens is 376 g/mol. The zero-order valence-corrected chi connectivity index (χ0v) is 17.1. The van der Waals surface area contributed by atoms with Gasteiger partial charge in [0.1, 0.15) is 5.76 Å². The van der Waals surface area contributed by atoms with Crippen molar-refractivity contribution in [3.63, 3.8) is 0 Å². The maximum Gasteiger partial charge on any atom is 0.239 e. The lowest BCUT2D eigenvalue weighted by atomic mass is 10.1. The molecule has 0 saturated carbocycles. The quantitative estimate of drug-likeness (QED) is 0.545. The lowest BCUT2D eigenvalue weighted by molar-refractivity contribution is -0.115. The van der Waals surface area contributed by atoms with Crippen LogP contribution in [0.25, 0.3) is 5.69 Å². The van der Waals surface area contributed by atoms with Crippen LogP contribution in [0.5, 0.6) is 0 Å². The first kappa shape index (κ1) is 20.1. The van der Waals surface area contributed by atoms with Gasteiger partial charge >= 0.3 is 0 Å². The Balaban J connectivity index is 1.70. The number of anilines is 1. The number of amides is 1. The monoisotopic (exact) mass is 400 g/mol. The van der Waals surface area contributed by atoms with Gasteiger partial charge in [-0.2, -0.15) is 4.68 Å². The van der Waals surface area contributed by atoms with E-state index in [4.69, 9.17) is 4.52 Å². The Labute approximate surface area is 168 Å². The second-order valence-corrected chi connectivity index (χ2v) is 7.64. The summed E-state index contributed by atoms with van der Waals surface area (Å²) in [6.45, 7) is 5.90. The van der Waals surface area contributed by atoms with E-state index in [1.807, 2.05) is 19.1 Å². The van der Waals surface area contributed by atoms with Gasteiger partial charge < -0.3 is 9.84 Å². The second kappa shape index (κ2) is 9.50. The maximum atomic E-state index is 12.6. The minimum Gasteiger partial charge on any atom is -0.360 e. The number of hydrogen-bond donors (Lipinski definition) is 1. The van der Waals surface area contributed by atoms with E-state index >= 15 is 0 Å². The van der Waals surface area contributed by atoms with Crippen LogP contribution in [-0.2, 0) is 11.2 Å². The molecular formula is C19H24N6O2S. The summed E-state index contributed by atoms with van der Waals surface area (Å²) in [4.78, 5) is 12.6. The SMILES string of the molecule is CCCCc1ccc(-n2nnnc2S[C@@H](CC)C(=O)Nc2cc(C)on2)cc1. The van der Waals surface area contributed by atoms with Gasteiger partial charge in [-0.15, -0.1) is 5.10 Å². The molecule has 0 radical (unpaired) electrons. The summed E-state index contributed by atoms with van der Waals surface area (Å²) in [7, 11) is 0. The molecule has 148 valence electrons. The molecule has 0 aliphatic carbocycles. The van der Waals surface area contributed by atoms with Crippen molar-refractivity contribution in [1.29, 1.82) is 0 Å². The van der Waals surface area contributed by atoms with E-state index in [2.05, 4.69) is 45.1 Å². The lowest BCUT2D eigenvalue weighted by Gasteiger charge is -2.13. The van der Waals surface area contributed by atoms with Crippen molar-refractivity contribution >= 4 is 23.5 Å². The van der Waals surface area contributed by atoms with Crippen molar-refractivity contribution in [2.24, 2.45) is 0 Å². The van der Waals surface area contributed by atoms with Crippen molar-refractivity contribution in [1.82, 2.24) is 25.4 Å². The van der Waals surface area contributed by atoms with Crippen LogP contribution in [0.2, 0.25) is 0 Å². The zero-order valence-electron chi connectivity index (χ0n) is 16.3. The molecule has 0 saturated heterocycles. The standard InChI is InChI=1S/C19H24N6O2S/c1-4-6-7-14-8-10-15(11-9-14)25-19(21-23-24-25)28-16(5-2)18(26)20-17-12-13(3)27-22-17/h8-12,16H,4-7H2,1-3H3,(H,20,22,26)/t16-/m0/s1. The molecule has 0 spiro atoms. The zero-order chi connectivity index (χ0) is 19.9. The number of unbranched alkanes of at least 4 members (excludes halogenated alkanes) is 1. The van der Waals surface area contributed by atoms with Crippen LogP contribution in [0.15, 0.2) is 40.0 Å². The normalized spacial score (nSPS) is 12.1. The van der Waals surface area contributed by atoms with Crippen LogP contribution >= 0.6 is 11.8 Å². The molecule has 0 unspecified atom stereocenters. The third-order valence-corrected chi connectivity index (χ3v) is 5.53. The minimum absolute atomic E-state index is 0.162. The second-order valence-electron chi connectivity index (χ2n) is 6.47. The first-order valence-electron chi connectivity index (χ1n) is 9.39. The van der Waals surface area contributed by atoms with Crippen LogP contribution in [0, 0.1) is 6.92 Å². The molecule has 1 amide bonds. The molecule has 2 heterocycles. The van der Waals surface area contributed by atoms with Crippen LogP contribution < -0.4 is 5.32 Å². The van der Waals surface area contributed by atoms with Gasteiger partial charge in [0, 0.05) is 6.07 Å². The summed E-state index contributed by atoms with van der Waals surface area (Å²) < 4.78 is 6.64. The number of aromatic nitrogens is 5. The first-order chi connectivity index (χ1) is 13.6. The predicted octanol–water partition coefficient (Wildman–Crippen LogP) is 3.81. The van der Waals surface area contributed by atoms with Crippen molar-refractivity contribution in [3.05, 3.63) is 41.7 Å². The lowest BCUT2D eigenvalue weighted by Crippen LogP contribution is -2.25. The van der Waals surface area contributed by atoms with E-state index in [-0.39, 0.29) is 11.2 Å². The number of rotatable bonds is 9. The maximum absolute atomic E-state index is 12.6. The van der Waals surface area contributed by atoms with Crippen molar-refractivity contribution in [2.45, 2.75) is 56.9 Å². The number of thioether (sulfide) groups is 1. The molecule has 28 heavy (non-hydrogen) atoms. The Morgan fingerprint density at radius 2 is 2.07 bits per heavy atom. The fourth-order valence-corrected chi connectivity index (χ4v) is 3.59. The average Bonchev–Trinajstić information content (AvgIpc) is 3.33. The molecule has 8 nitrogen and oxygen atoms in total. The van der Waals surface area contributed by atoms with Crippen LogP contribution in [-0.4, -0.2) is 36.5 Å². The highest BCUT2D eigenvalue weighted by Gasteiger charge is 2.23. The number of nitrogens with one attached hydrogen (secondary N) is 1. The van der Waals surface area contributed by atoms with E-state index in [9.17, 15) is 4.79 Å². The van der Waals surface area contributed by atoms with Crippen LogP contribution in [0.4, 0.5) is 5.82 Å². The van der Waals surface area contributed by atoms with Gasteiger partial charge in [0.2, 0.25) is 11.1 Å². The fourth-order valence-electron chi connectivity index (χ4n) is 2.68. The van der Waals surface area contributed by atoms with E-state index < -0.39 is 0 Å². The van der Waals surface area contributed by atoms with Gasteiger partial charge in [-0.3, -0.25) is 4.79 Å². The largest absolute Gasteiger partial charge is 0.360 e. The topological polar surface area (TPSA) is 98.7 Å². The summed E-state index contributed by atoms with van der Waals surface area (Å²) in [6.07, 6.45) is 4.03. The number of aryl methyl sites for hydroxylation is 2. The summed E-state index contributed by atoms with van der Waals surface area (Å²) in [6, 6.07) is 9.88. The van der Waals surface area contributed by atoms with E-state index in [0.717, 1.165) is 12.1 Å². The number of carbonyl (C=O) groups excluding carboxylic acids is 1. The first-order valence-corrected chi connectivity index (χ1v) is 10.3. The molecule has 1 aromatic carbocycles. The summed E-state index contributed by atoms with van der Waals surface area (Å²) in [5.41, 5.74) is 2.16. The van der Waals surface area contributed by atoms with Crippen molar-refractivity contribution in [3.8, 4) is 5.69 Å². The Kier molecular flexibility index (Phi) is 6.80. The number of hydrogen-bond acceptors (Lipinski definition) is 7. The molecule has 1 atom stereocenters. The third-order valence-electron chi connectivity index (χ3n) is 4.23. The van der Waals surface area contributed by atoms with Crippen LogP contribution in [0.1, 0.15) is 44.4 Å². The summed E-state index contributed by atoms with van der Waals surface area (Å²) in [5.74, 6) is 0.886. The molecule has 0 aliphatic heterocycles. The fraction of sp³-hybridized carbons (Fsp3) is 0.421. The highest BCUT2D eigenvalue weighted by Crippen LogP contribution is 2.26. The van der Waals surface area contributed by atoms with Gasteiger partial charge in [-0.05, 0) is 54.3 Å². The van der Waals surface area contributed by atoms with Crippen molar-refractivity contribution < 1.29 is 9.32 Å². The Bertz CT molecular complexity index is 905. The average molecular weight is 401 g/mol. The number of nitrogens with zero attached hydrogens (tertiary/aromatic N) is 5. The summed E-state index contributed by atoms with van der Waals surface area (Å²) in [5, 5.41) is 18.8. The minimum atomic E-state index is -0.356. The Hall–Kier alpha value is -2.68. The van der Waals surface area contributed by atoms with Gasteiger partial charge in [0.05, 0.1) is 10.9 Å². The summed E-state index contributed by atoms with van der Waals surface area (Å²) >= 11 is 1.33. The van der Waals surface area contributed by atoms with E-state index in [1.165, 1.54) is 30.2 Å². The number of tetrazole rings is 1. The van der Waals surface area contributed by atoms with E-state index in [1.54, 1.807) is 17.7 Å². The smallest absolute Gasteiger partial charge is 0.239 e. The molecule has 3 rings (SSSR count). The molecule has 0 bridgehead atoms. The molecule has 0 fully saturated rings. The molecule has 3 aromatic rings. The molecule has 0 aliphatic rings. The van der Waals surface area contributed by atoms with Gasteiger partial charge in [0.25, 0.3) is 0 Å². The molecule has 9 heteroatoms. The van der Waals surface area contributed by atoms with Gasteiger partial charge in [-0.1, -0.05) is 49.3 Å². The third kappa shape index (κ3) is 4.98. The highest BCUT2D eigenvalue weighted by molar-refractivity contribution is 8.00. The number of benzene rings is 1. The van der Waals surface area contributed by atoms with Gasteiger partial charge in [-0.25, -0.2) is 0 Å². The Morgan fingerprint density at radius 1 is 1.29 bits per heavy atom. The van der Waals surface area contributed by atoms with Gasteiger partial charge in [0.15, 0.2) is 5.82 Å². The Morgan fingerprint density at radius 3 is 2.71 bits per heavy atom.